The Bertz CT molecular complexity index is 1140. The van der Waals surface area contributed by atoms with Gasteiger partial charge in [0.15, 0.2) is 0 Å². The average molecular weight is 501 g/mol. The topological polar surface area (TPSA) is 111 Å². The van der Waals surface area contributed by atoms with Crippen molar-refractivity contribution in [2.75, 3.05) is 13.2 Å². The van der Waals surface area contributed by atoms with Crippen LogP contribution in [0, 0.1) is 6.92 Å². The highest BCUT2D eigenvalue weighted by Gasteiger charge is 2.44. The van der Waals surface area contributed by atoms with Crippen LogP contribution >= 0.6 is 23.2 Å². The summed E-state index contributed by atoms with van der Waals surface area (Å²) in [5.41, 5.74) is 1.63. The molecule has 0 bridgehead atoms. The zero-order chi connectivity index (χ0) is 23.4. The second-order valence-corrected chi connectivity index (χ2v) is 9.40. The number of benzene rings is 2. The largest absolute Gasteiger partial charge is 0.394 e. The Hall–Kier alpha value is -1.98. The van der Waals surface area contributed by atoms with Crippen LogP contribution in [0.2, 0.25) is 10.0 Å². The van der Waals surface area contributed by atoms with Crippen molar-refractivity contribution in [2.24, 2.45) is 0 Å². The molecule has 1 aliphatic rings. The van der Waals surface area contributed by atoms with E-state index < -0.39 is 15.9 Å². The van der Waals surface area contributed by atoms with Crippen molar-refractivity contribution in [3.8, 4) is 0 Å². The quantitative estimate of drug-likeness (QED) is 0.513. The lowest BCUT2D eigenvalue weighted by Crippen LogP contribution is -2.34. The van der Waals surface area contributed by atoms with Gasteiger partial charge in [-0.2, -0.15) is 8.42 Å². The molecule has 11 heteroatoms. The van der Waals surface area contributed by atoms with Crippen LogP contribution in [0.25, 0.3) is 0 Å². The van der Waals surface area contributed by atoms with E-state index in [0.29, 0.717) is 28.8 Å². The van der Waals surface area contributed by atoms with Gasteiger partial charge in [0.2, 0.25) is 5.79 Å². The molecule has 2 atom stereocenters. The molecule has 3 aromatic rings. The zero-order valence-corrected chi connectivity index (χ0v) is 19.4. The van der Waals surface area contributed by atoms with Gasteiger partial charge in [-0.1, -0.05) is 47.0 Å². The number of nitrogens with zero attached hydrogens (tertiary/aromatic N) is 2. The molecule has 0 radical (unpaired) electrons. The van der Waals surface area contributed by atoms with Crippen molar-refractivity contribution >= 4 is 33.3 Å². The number of aliphatic hydroxyl groups excluding tert-OH is 1. The number of aliphatic hydroxyl groups is 1. The second kappa shape index (κ2) is 10.3. The molecule has 1 fully saturated rings. The molecule has 32 heavy (non-hydrogen) atoms. The molecule has 0 unspecified atom stereocenters. The van der Waals surface area contributed by atoms with E-state index in [0.717, 1.165) is 5.56 Å². The van der Waals surface area contributed by atoms with Crippen molar-refractivity contribution in [1.29, 1.82) is 0 Å². The number of rotatable bonds is 5. The van der Waals surface area contributed by atoms with Gasteiger partial charge in [0.1, 0.15) is 6.10 Å². The summed E-state index contributed by atoms with van der Waals surface area (Å²) in [5, 5.41) is 10.3. The normalized spacial score (nSPS) is 20.6. The van der Waals surface area contributed by atoms with Crippen LogP contribution in [0.3, 0.4) is 0 Å². The summed E-state index contributed by atoms with van der Waals surface area (Å²) < 4.78 is 43.2. The predicted molar refractivity (Wildman–Crippen MR) is 119 cm³/mol. The van der Waals surface area contributed by atoms with E-state index in [2.05, 4.69) is 4.98 Å². The van der Waals surface area contributed by atoms with Crippen LogP contribution in [0.4, 0.5) is 0 Å². The highest BCUT2D eigenvalue weighted by molar-refractivity contribution is 7.85. The van der Waals surface area contributed by atoms with Gasteiger partial charge in [-0.15, -0.1) is 0 Å². The van der Waals surface area contributed by atoms with Gasteiger partial charge in [-0.05, 0) is 31.2 Å². The number of aryl methyl sites for hydroxylation is 1. The van der Waals surface area contributed by atoms with Gasteiger partial charge in [0.25, 0.3) is 10.1 Å². The lowest BCUT2D eigenvalue weighted by Gasteiger charge is -2.29. The summed E-state index contributed by atoms with van der Waals surface area (Å²) in [7, 11) is -4.02. The number of halogens is 2. The molecule has 1 aliphatic heterocycles. The summed E-state index contributed by atoms with van der Waals surface area (Å²) in [5.74, 6) is -1.06. The van der Waals surface area contributed by atoms with Crippen LogP contribution < -0.4 is 0 Å². The monoisotopic (exact) mass is 500 g/mol. The Labute approximate surface area is 196 Å². The molecule has 1 aromatic heterocycles. The van der Waals surface area contributed by atoms with Crippen LogP contribution in [0.5, 0.6) is 0 Å². The van der Waals surface area contributed by atoms with E-state index in [1.54, 1.807) is 42.9 Å². The molecular formula is C21H22Cl2N2O6S. The lowest BCUT2D eigenvalue weighted by atomic mass is 10.1. The number of aromatic nitrogens is 2. The Kier molecular flexibility index (Phi) is 7.94. The van der Waals surface area contributed by atoms with Gasteiger partial charge >= 0.3 is 0 Å². The summed E-state index contributed by atoms with van der Waals surface area (Å²) in [4.78, 5) is 3.95. The van der Waals surface area contributed by atoms with Gasteiger partial charge in [-0.3, -0.25) is 4.55 Å². The average Bonchev–Trinajstić information content (AvgIpc) is 3.39. The zero-order valence-electron chi connectivity index (χ0n) is 17.1. The molecular weight excluding hydrogens is 479 g/mol. The first kappa shape index (κ1) is 24.7. The molecule has 4 rings (SSSR count). The molecule has 0 amide bonds. The van der Waals surface area contributed by atoms with E-state index >= 15 is 0 Å². The van der Waals surface area contributed by atoms with E-state index in [1.807, 2.05) is 17.7 Å². The predicted octanol–water partition coefficient (Wildman–Crippen LogP) is 3.69. The molecule has 0 aliphatic carbocycles. The molecule has 2 aromatic carbocycles. The highest BCUT2D eigenvalue weighted by Crippen LogP contribution is 2.40. The maximum Gasteiger partial charge on any atom is 0.294 e. The maximum atomic E-state index is 10.5. The lowest BCUT2D eigenvalue weighted by molar-refractivity contribution is -0.189. The van der Waals surface area contributed by atoms with E-state index in [9.17, 15) is 13.5 Å². The number of imidazole rings is 1. The molecule has 0 saturated carbocycles. The third-order valence-electron chi connectivity index (χ3n) is 4.67. The first-order chi connectivity index (χ1) is 15.1. The van der Waals surface area contributed by atoms with E-state index in [1.165, 1.54) is 12.1 Å². The van der Waals surface area contributed by atoms with Gasteiger partial charge in [0, 0.05) is 23.0 Å². The fraction of sp³-hybridized carbons (Fsp3) is 0.286. The first-order valence-corrected chi connectivity index (χ1v) is 11.7. The number of hydrogen-bond acceptors (Lipinski definition) is 6. The van der Waals surface area contributed by atoms with Crippen molar-refractivity contribution < 1.29 is 27.6 Å². The molecule has 0 spiro atoms. The molecule has 8 nitrogen and oxygen atoms in total. The Morgan fingerprint density at radius 2 is 1.94 bits per heavy atom. The Morgan fingerprint density at radius 1 is 1.22 bits per heavy atom. The summed E-state index contributed by atoms with van der Waals surface area (Å²) in [6.45, 7) is 2.40. The van der Waals surface area contributed by atoms with E-state index in [-0.39, 0.29) is 17.6 Å². The fourth-order valence-electron chi connectivity index (χ4n) is 3.09. The Morgan fingerprint density at radius 3 is 2.47 bits per heavy atom. The first-order valence-electron chi connectivity index (χ1n) is 9.51. The smallest absolute Gasteiger partial charge is 0.294 e. The second-order valence-electron chi connectivity index (χ2n) is 7.13. The van der Waals surface area contributed by atoms with Gasteiger partial charge < -0.3 is 19.1 Å². The number of hydrogen-bond donors (Lipinski definition) is 2. The van der Waals surface area contributed by atoms with Crippen LogP contribution in [-0.2, 0) is 31.9 Å². The third kappa shape index (κ3) is 6.08. The molecule has 2 heterocycles. The van der Waals surface area contributed by atoms with Crippen LogP contribution in [0.1, 0.15) is 11.1 Å². The summed E-state index contributed by atoms with van der Waals surface area (Å²) in [6.07, 6.45) is 4.77. The van der Waals surface area contributed by atoms with Crippen molar-refractivity contribution in [3.63, 3.8) is 0 Å². The summed E-state index contributed by atoms with van der Waals surface area (Å²) in [6, 6.07) is 11.1. The van der Waals surface area contributed by atoms with Crippen molar-refractivity contribution in [1.82, 2.24) is 9.55 Å². The van der Waals surface area contributed by atoms with Gasteiger partial charge in [0.05, 0.1) is 36.0 Å². The van der Waals surface area contributed by atoms with Gasteiger partial charge in [-0.25, -0.2) is 4.98 Å². The highest BCUT2D eigenvalue weighted by atomic mass is 35.5. The standard InChI is InChI=1S/C14H14Cl2N2O3.C7H8O3S/c15-10-1-2-12(13(16)5-10)14(8-18-4-3-17-9-18)20-7-11(6-19)21-14;1-6-2-4-7(5-3-6)11(8,9)10/h1-5,9,11,19H,6-8H2;2-5H,1H3,(H,8,9,10)/t11-,14-;/m1./s1. The summed E-state index contributed by atoms with van der Waals surface area (Å²) >= 11 is 12.2. The maximum absolute atomic E-state index is 10.5. The van der Waals surface area contributed by atoms with Crippen molar-refractivity contribution in [3.05, 3.63) is 82.4 Å². The third-order valence-corrected chi connectivity index (χ3v) is 6.09. The minimum absolute atomic E-state index is 0.0666. The number of ether oxygens (including phenoxy) is 2. The van der Waals surface area contributed by atoms with Crippen molar-refractivity contribution in [2.45, 2.75) is 30.3 Å². The SMILES string of the molecule is Cc1ccc(S(=O)(=O)O)cc1.OC[C@@H]1CO[C@@](Cn2ccnc2)(c2ccc(Cl)cc2Cl)O1. The van der Waals surface area contributed by atoms with Crippen LogP contribution in [0.15, 0.2) is 66.1 Å². The minimum Gasteiger partial charge on any atom is -0.394 e. The molecule has 2 N–H and O–H groups in total. The molecule has 1 saturated heterocycles. The fourth-order valence-corrected chi connectivity index (χ4v) is 4.13. The Balaban J connectivity index is 0.000000222. The molecule has 172 valence electrons. The van der Waals surface area contributed by atoms with Crippen LogP contribution in [-0.4, -0.2) is 46.9 Å². The minimum atomic E-state index is -4.02. The van der Waals surface area contributed by atoms with E-state index in [4.69, 9.17) is 37.2 Å².